The third kappa shape index (κ3) is 7.68. The number of hydrogen-bond donors (Lipinski definition) is 1. The monoisotopic (exact) mass is 602 g/mol. The number of rotatable bonds is 2. The minimum absolute atomic E-state index is 0.754. The zero-order valence-corrected chi connectivity index (χ0v) is 19.3. The van der Waals surface area contributed by atoms with Crippen molar-refractivity contribution in [2.45, 2.75) is 32.6 Å². The molecule has 3 aliphatic rings. The minimum atomic E-state index is -1.85. The summed E-state index contributed by atoms with van der Waals surface area (Å²) in [6.07, 6.45) is 7.22. The van der Waals surface area contributed by atoms with E-state index in [1.165, 1.54) is 25.7 Å². The van der Waals surface area contributed by atoms with E-state index in [-0.39, 0.29) is 0 Å². The van der Waals surface area contributed by atoms with Gasteiger partial charge < -0.3 is 4.90 Å². The summed E-state index contributed by atoms with van der Waals surface area (Å²) in [5.41, 5.74) is 4.79. The molecule has 2 saturated heterocycles. The Balaban J connectivity index is 0.000000511. The Bertz CT molecular complexity index is 563. The summed E-state index contributed by atoms with van der Waals surface area (Å²) in [5, 5.41) is 5.15. The number of hydrogen-bond acceptors (Lipinski definition) is 3. The Morgan fingerprint density at radius 2 is 1.76 bits per heavy atom. The normalized spacial score (nSPS) is 23.3. The number of hydrazone groups is 1. The number of nitrogens with zero attached hydrogens (tertiary/aromatic N) is 3. The van der Waals surface area contributed by atoms with Crippen molar-refractivity contribution < 1.29 is 14.2 Å². The second-order valence-corrected chi connectivity index (χ2v) is 16.5. The quantitative estimate of drug-likeness (QED) is 0.298. The average Bonchev–Trinajstić information content (AvgIpc) is 2.93. The van der Waals surface area contributed by atoms with Gasteiger partial charge in [-0.2, -0.15) is 5.10 Å². The number of thiocarbonyl (C=S) groups is 1. The van der Waals surface area contributed by atoms with Crippen molar-refractivity contribution in [3.63, 3.8) is 0 Å². The molecule has 9 heteroatoms. The van der Waals surface area contributed by atoms with Gasteiger partial charge in [0.15, 0.2) is 5.11 Å². The van der Waals surface area contributed by atoms with Crippen LogP contribution in [0, 0.1) is 11.8 Å². The van der Waals surface area contributed by atoms with Gasteiger partial charge in [0.1, 0.15) is 0 Å². The first kappa shape index (κ1) is 21.4. The van der Waals surface area contributed by atoms with Crippen LogP contribution in [0.4, 0.5) is 0 Å². The van der Waals surface area contributed by atoms with Crippen molar-refractivity contribution >= 4 is 51.3 Å². The molecule has 0 radical (unpaired) electrons. The zero-order chi connectivity index (χ0) is 18.2. The van der Waals surface area contributed by atoms with Crippen LogP contribution in [0.5, 0.6) is 0 Å². The molecule has 1 aliphatic carbocycles. The second-order valence-electron chi connectivity index (χ2n) is 6.26. The van der Waals surface area contributed by atoms with Crippen LogP contribution < -0.4 is 5.43 Å². The van der Waals surface area contributed by atoms with E-state index in [1.54, 1.807) is 6.20 Å². The summed E-state index contributed by atoms with van der Waals surface area (Å²) in [4.78, 5) is 6.60. The van der Waals surface area contributed by atoms with Crippen LogP contribution in [0.3, 0.4) is 0 Å². The summed E-state index contributed by atoms with van der Waals surface area (Å²) in [6, 6.07) is 5.82. The van der Waals surface area contributed by atoms with Gasteiger partial charge in [-0.3, -0.25) is 10.4 Å². The predicted octanol–water partition coefficient (Wildman–Crippen LogP) is 4.87. The Morgan fingerprint density at radius 1 is 1.20 bits per heavy atom. The molecule has 0 unspecified atom stereocenters. The Labute approximate surface area is 172 Å². The molecule has 4 nitrogen and oxygen atoms in total. The third-order valence-corrected chi connectivity index (χ3v) is 4.92. The van der Waals surface area contributed by atoms with E-state index in [4.69, 9.17) is 40.5 Å². The fourth-order valence-corrected chi connectivity index (χ4v) is 3.49. The molecule has 1 N–H and O–H groups in total. The maximum atomic E-state index is 5.52. The molecule has 4 rings (SSSR count). The molecule has 2 bridgehead atoms. The molecular formula is C16H22Cl3N4PtS. The predicted molar refractivity (Wildman–Crippen MR) is 107 cm³/mol. The van der Waals surface area contributed by atoms with Crippen LogP contribution >= 0.6 is 40.5 Å². The molecule has 1 aromatic heterocycles. The molecule has 1 aromatic rings. The van der Waals surface area contributed by atoms with E-state index in [0.29, 0.717) is 0 Å². The van der Waals surface area contributed by atoms with Gasteiger partial charge in [0.25, 0.3) is 0 Å². The van der Waals surface area contributed by atoms with Crippen molar-refractivity contribution in [2.24, 2.45) is 16.9 Å². The molecule has 0 amide bonds. The second kappa shape index (κ2) is 11.0. The summed E-state index contributed by atoms with van der Waals surface area (Å²) < 4.78 is 0. The standard InChI is InChI=1S/C16H22N4S.3ClH.Pt/c1-12(15-4-2-3-9-17-15)18-19-16(21)20-10-13-5-6-14(11-20)8-7-13;;;;/h2-4,9,13-14H,5-8,10-11H2,1H3,(H,19,21);3*1H;/q;;;;+3/p-3. The van der Waals surface area contributed by atoms with E-state index >= 15 is 0 Å². The molecule has 3 fully saturated rings. The van der Waals surface area contributed by atoms with Gasteiger partial charge in [-0.15, -0.1) is 0 Å². The first-order chi connectivity index (χ1) is 12.0. The van der Waals surface area contributed by atoms with Crippen LogP contribution in [-0.4, -0.2) is 33.8 Å². The van der Waals surface area contributed by atoms with Crippen LogP contribution in [0.1, 0.15) is 38.3 Å². The number of aromatic nitrogens is 1. The van der Waals surface area contributed by atoms with E-state index in [9.17, 15) is 0 Å². The molecule has 2 aliphatic heterocycles. The number of nitrogens with one attached hydrogen (secondary N) is 1. The summed E-state index contributed by atoms with van der Waals surface area (Å²) in [6.45, 7) is 4.12. The van der Waals surface area contributed by atoms with Gasteiger partial charge in [0.2, 0.25) is 0 Å². The Hall–Kier alpha value is 0.0683. The molecular weight excluding hydrogens is 582 g/mol. The van der Waals surface area contributed by atoms with Crippen molar-refractivity contribution in [1.29, 1.82) is 0 Å². The fourth-order valence-electron chi connectivity index (χ4n) is 3.30. The van der Waals surface area contributed by atoms with Gasteiger partial charge in [0.05, 0.1) is 11.4 Å². The van der Waals surface area contributed by atoms with E-state index in [0.717, 1.165) is 41.4 Å². The van der Waals surface area contributed by atoms with Gasteiger partial charge in [-0.05, 0) is 68.8 Å². The fraction of sp³-hybridized carbons (Fsp3) is 0.562. The van der Waals surface area contributed by atoms with Gasteiger partial charge in [-0.25, -0.2) is 0 Å². The molecule has 0 spiro atoms. The molecule has 143 valence electrons. The maximum absolute atomic E-state index is 5.52. The van der Waals surface area contributed by atoms with Crippen molar-refractivity contribution in [1.82, 2.24) is 15.3 Å². The van der Waals surface area contributed by atoms with Gasteiger partial charge >= 0.3 is 42.4 Å². The summed E-state index contributed by atoms with van der Waals surface area (Å²) >= 11 is 3.67. The number of pyridine rings is 1. The van der Waals surface area contributed by atoms with E-state index in [1.807, 2.05) is 25.1 Å². The van der Waals surface area contributed by atoms with Crippen LogP contribution in [-0.2, 0) is 14.2 Å². The van der Waals surface area contributed by atoms with Crippen molar-refractivity contribution in [3.8, 4) is 0 Å². The summed E-state index contributed by atoms with van der Waals surface area (Å²) in [7, 11) is 14.9. The topological polar surface area (TPSA) is 40.5 Å². The van der Waals surface area contributed by atoms with Gasteiger partial charge in [-0.1, -0.05) is 6.07 Å². The zero-order valence-electron chi connectivity index (χ0n) is 13.9. The van der Waals surface area contributed by atoms with Gasteiger partial charge in [0, 0.05) is 19.3 Å². The first-order valence-corrected chi connectivity index (χ1v) is 16.9. The number of halogens is 3. The molecule has 0 atom stereocenters. The molecule has 1 saturated carbocycles. The molecule has 0 aromatic carbocycles. The van der Waals surface area contributed by atoms with Crippen LogP contribution in [0.2, 0.25) is 0 Å². The van der Waals surface area contributed by atoms with E-state index in [2.05, 4.69) is 20.4 Å². The third-order valence-electron chi connectivity index (χ3n) is 4.57. The van der Waals surface area contributed by atoms with Crippen molar-refractivity contribution in [2.75, 3.05) is 13.1 Å². The Morgan fingerprint density at radius 3 is 2.24 bits per heavy atom. The van der Waals surface area contributed by atoms with Crippen LogP contribution in [0.15, 0.2) is 29.5 Å². The summed E-state index contributed by atoms with van der Waals surface area (Å²) in [5.74, 6) is 1.62. The van der Waals surface area contributed by atoms with E-state index < -0.39 is 14.2 Å². The first-order valence-electron chi connectivity index (χ1n) is 8.09. The molecule has 3 heterocycles. The Kier molecular flexibility index (Phi) is 9.43. The van der Waals surface area contributed by atoms with Crippen LogP contribution in [0.25, 0.3) is 0 Å². The average molecular weight is 604 g/mol. The molecule has 25 heavy (non-hydrogen) atoms. The SMILES string of the molecule is CC(=NNC(=S)N1CC2CCC(CC2)C1)c1ccccn1.[Cl][Pt]([Cl])[Cl]. The number of fused-ring (bicyclic) bond motifs is 4. The van der Waals surface area contributed by atoms with Crippen molar-refractivity contribution in [3.05, 3.63) is 30.1 Å².